The molecule has 1 fully saturated rings. The SMILES string of the molecule is CCOC(=O)CNC(=O)C(C)N1C(C)CCC1C. The number of carbonyl (C=O) groups is 2. The molecule has 1 saturated heterocycles. The summed E-state index contributed by atoms with van der Waals surface area (Å²) in [5, 5.41) is 2.63. The second kappa shape index (κ2) is 6.73. The van der Waals surface area contributed by atoms with Gasteiger partial charge in [0.1, 0.15) is 6.54 Å². The Kier molecular flexibility index (Phi) is 5.59. The lowest BCUT2D eigenvalue weighted by molar-refractivity contribution is -0.144. The fourth-order valence-corrected chi connectivity index (χ4v) is 2.63. The molecular weight excluding hydrogens is 232 g/mol. The van der Waals surface area contributed by atoms with Gasteiger partial charge in [-0.25, -0.2) is 0 Å². The Bertz CT molecular complexity index is 297. The molecule has 5 nitrogen and oxygen atoms in total. The predicted molar refractivity (Wildman–Crippen MR) is 69.1 cm³/mol. The van der Waals surface area contributed by atoms with Crippen molar-refractivity contribution in [1.29, 1.82) is 0 Å². The van der Waals surface area contributed by atoms with Gasteiger partial charge in [-0.3, -0.25) is 14.5 Å². The molecule has 18 heavy (non-hydrogen) atoms. The van der Waals surface area contributed by atoms with Crippen LogP contribution in [0.25, 0.3) is 0 Å². The number of hydrogen-bond donors (Lipinski definition) is 1. The van der Waals surface area contributed by atoms with Crippen molar-refractivity contribution < 1.29 is 14.3 Å². The maximum Gasteiger partial charge on any atom is 0.325 e. The minimum atomic E-state index is -0.388. The highest BCUT2D eigenvalue weighted by Gasteiger charge is 2.34. The second-order valence-electron chi connectivity index (χ2n) is 4.92. The largest absolute Gasteiger partial charge is 0.465 e. The van der Waals surface area contributed by atoms with E-state index in [0.29, 0.717) is 18.7 Å². The maximum atomic E-state index is 12.0. The van der Waals surface area contributed by atoms with Crippen molar-refractivity contribution in [1.82, 2.24) is 10.2 Å². The summed E-state index contributed by atoms with van der Waals surface area (Å²) in [6.07, 6.45) is 2.24. The van der Waals surface area contributed by atoms with E-state index in [1.54, 1.807) is 6.92 Å². The topological polar surface area (TPSA) is 58.6 Å². The van der Waals surface area contributed by atoms with E-state index in [2.05, 4.69) is 24.1 Å². The lowest BCUT2D eigenvalue weighted by atomic mass is 10.2. The first kappa shape index (κ1) is 15.0. The number of hydrogen-bond acceptors (Lipinski definition) is 4. The minimum Gasteiger partial charge on any atom is -0.465 e. The summed E-state index contributed by atoms with van der Waals surface area (Å²) in [5.41, 5.74) is 0. The van der Waals surface area contributed by atoms with E-state index in [1.165, 1.54) is 0 Å². The summed E-state index contributed by atoms with van der Waals surface area (Å²) in [5.74, 6) is -0.496. The molecule has 0 aromatic heterocycles. The van der Waals surface area contributed by atoms with Gasteiger partial charge >= 0.3 is 5.97 Å². The standard InChI is InChI=1S/C13H24N2O3/c1-5-18-12(16)8-14-13(17)11(4)15-9(2)6-7-10(15)3/h9-11H,5-8H2,1-4H3,(H,14,17). The molecule has 0 bridgehead atoms. The van der Waals surface area contributed by atoms with E-state index < -0.39 is 0 Å². The molecule has 1 N–H and O–H groups in total. The summed E-state index contributed by atoms with van der Waals surface area (Å²) < 4.78 is 4.77. The number of ether oxygens (including phenoxy) is 1. The first-order valence-corrected chi connectivity index (χ1v) is 6.68. The summed E-state index contributed by atoms with van der Waals surface area (Å²) in [4.78, 5) is 25.3. The van der Waals surface area contributed by atoms with E-state index in [0.717, 1.165) is 12.8 Å². The maximum absolute atomic E-state index is 12.0. The Balaban J connectivity index is 2.43. The van der Waals surface area contributed by atoms with Gasteiger partial charge in [-0.1, -0.05) is 0 Å². The molecule has 1 amide bonds. The highest BCUT2D eigenvalue weighted by atomic mass is 16.5. The number of nitrogens with one attached hydrogen (secondary N) is 1. The van der Waals surface area contributed by atoms with Crippen molar-refractivity contribution >= 4 is 11.9 Å². The predicted octanol–water partition coefficient (Wildman–Crippen LogP) is 0.927. The third kappa shape index (κ3) is 3.70. The summed E-state index contributed by atoms with van der Waals surface area (Å²) in [6.45, 7) is 8.20. The quantitative estimate of drug-likeness (QED) is 0.743. The Morgan fingerprint density at radius 1 is 1.33 bits per heavy atom. The zero-order valence-electron chi connectivity index (χ0n) is 11.7. The van der Waals surface area contributed by atoms with E-state index in [9.17, 15) is 9.59 Å². The number of rotatable bonds is 5. The zero-order chi connectivity index (χ0) is 13.7. The molecule has 1 aliphatic heterocycles. The molecule has 5 heteroatoms. The van der Waals surface area contributed by atoms with Crippen LogP contribution in [0, 0.1) is 0 Å². The number of esters is 1. The molecule has 104 valence electrons. The van der Waals surface area contributed by atoms with Gasteiger partial charge in [0.05, 0.1) is 12.6 Å². The summed E-state index contributed by atoms with van der Waals surface area (Å²) in [6, 6.07) is 0.638. The van der Waals surface area contributed by atoms with E-state index in [1.807, 2.05) is 6.92 Å². The molecule has 1 aliphatic rings. The van der Waals surface area contributed by atoms with Crippen LogP contribution in [0.3, 0.4) is 0 Å². The molecule has 0 spiro atoms. The van der Waals surface area contributed by atoms with Crippen LogP contribution in [0.5, 0.6) is 0 Å². The van der Waals surface area contributed by atoms with Gasteiger partial charge in [-0.15, -0.1) is 0 Å². The highest BCUT2D eigenvalue weighted by Crippen LogP contribution is 2.25. The van der Waals surface area contributed by atoms with Crippen molar-refractivity contribution in [3.05, 3.63) is 0 Å². The van der Waals surface area contributed by atoms with Crippen molar-refractivity contribution in [2.45, 2.75) is 58.7 Å². The summed E-state index contributed by atoms with van der Waals surface area (Å²) in [7, 11) is 0. The molecule has 3 atom stereocenters. The van der Waals surface area contributed by atoms with Crippen LogP contribution in [-0.4, -0.2) is 48.1 Å². The molecular formula is C13H24N2O3. The van der Waals surface area contributed by atoms with E-state index in [-0.39, 0.29) is 24.5 Å². The van der Waals surface area contributed by atoms with Crippen LogP contribution >= 0.6 is 0 Å². The number of likely N-dealkylation sites (tertiary alicyclic amines) is 1. The smallest absolute Gasteiger partial charge is 0.325 e. The normalized spacial score (nSPS) is 25.8. The Labute approximate surface area is 109 Å². The van der Waals surface area contributed by atoms with Crippen molar-refractivity contribution in [2.24, 2.45) is 0 Å². The average molecular weight is 256 g/mol. The Morgan fingerprint density at radius 3 is 2.39 bits per heavy atom. The third-order valence-corrected chi connectivity index (χ3v) is 3.56. The monoisotopic (exact) mass is 256 g/mol. The third-order valence-electron chi connectivity index (χ3n) is 3.56. The van der Waals surface area contributed by atoms with Crippen molar-refractivity contribution in [2.75, 3.05) is 13.2 Å². The molecule has 0 aromatic rings. The Hall–Kier alpha value is -1.10. The van der Waals surface area contributed by atoms with Crippen molar-refractivity contribution in [3.8, 4) is 0 Å². The first-order chi connectivity index (χ1) is 8.47. The van der Waals surface area contributed by atoms with Crippen LogP contribution in [0.15, 0.2) is 0 Å². The van der Waals surface area contributed by atoms with Crippen LogP contribution in [0.4, 0.5) is 0 Å². The van der Waals surface area contributed by atoms with Gasteiger partial charge in [-0.2, -0.15) is 0 Å². The summed E-state index contributed by atoms with van der Waals surface area (Å²) >= 11 is 0. The van der Waals surface area contributed by atoms with Gasteiger partial charge in [0.25, 0.3) is 0 Å². The average Bonchev–Trinajstić information content (AvgIpc) is 2.65. The molecule has 0 aliphatic carbocycles. The number of nitrogens with zero attached hydrogens (tertiary/aromatic N) is 1. The first-order valence-electron chi connectivity index (χ1n) is 6.68. The molecule has 0 aromatic carbocycles. The van der Waals surface area contributed by atoms with Gasteiger partial charge in [0, 0.05) is 12.1 Å². The molecule has 0 saturated carbocycles. The second-order valence-corrected chi connectivity index (χ2v) is 4.92. The van der Waals surface area contributed by atoms with E-state index in [4.69, 9.17) is 4.74 Å². The van der Waals surface area contributed by atoms with Crippen LogP contribution < -0.4 is 5.32 Å². The fourth-order valence-electron chi connectivity index (χ4n) is 2.63. The number of amides is 1. The van der Waals surface area contributed by atoms with Gasteiger partial charge in [0.2, 0.25) is 5.91 Å². The number of carbonyl (C=O) groups excluding carboxylic acids is 2. The zero-order valence-corrected chi connectivity index (χ0v) is 11.7. The lowest BCUT2D eigenvalue weighted by Gasteiger charge is -2.31. The Morgan fingerprint density at radius 2 is 1.89 bits per heavy atom. The molecule has 3 unspecified atom stereocenters. The van der Waals surface area contributed by atoms with Crippen LogP contribution in [0.1, 0.15) is 40.5 Å². The molecule has 1 heterocycles. The highest BCUT2D eigenvalue weighted by molar-refractivity contribution is 5.85. The van der Waals surface area contributed by atoms with E-state index >= 15 is 0 Å². The van der Waals surface area contributed by atoms with Crippen molar-refractivity contribution in [3.63, 3.8) is 0 Å². The molecule has 0 radical (unpaired) electrons. The van der Waals surface area contributed by atoms with Crippen LogP contribution in [-0.2, 0) is 14.3 Å². The lowest BCUT2D eigenvalue weighted by Crippen LogP contribution is -2.50. The fraction of sp³-hybridized carbons (Fsp3) is 0.846. The van der Waals surface area contributed by atoms with Gasteiger partial charge < -0.3 is 10.1 Å². The molecule has 1 rings (SSSR count). The van der Waals surface area contributed by atoms with Gasteiger partial charge in [0.15, 0.2) is 0 Å². The van der Waals surface area contributed by atoms with Crippen LogP contribution in [0.2, 0.25) is 0 Å². The van der Waals surface area contributed by atoms with Gasteiger partial charge in [-0.05, 0) is 40.5 Å². The minimum absolute atomic E-state index is 0.0480.